The summed E-state index contributed by atoms with van der Waals surface area (Å²) in [5, 5.41) is 3.11. The van der Waals surface area contributed by atoms with Gasteiger partial charge in [0.05, 0.1) is 13.0 Å². The molecule has 0 saturated carbocycles. The van der Waals surface area contributed by atoms with Gasteiger partial charge in [-0.3, -0.25) is 14.7 Å². The molecule has 5 heteroatoms. The van der Waals surface area contributed by atoms with Crippen LogP contribution in [0.5, 0.6) is 5.75 Å². The van der Waals surface area contributed by atoms with Crippen LogP contribution in [0.2, 0.25) is 0 Å². The fourth-order valence-electron chi connectivity index (χ4n) is 3.47. The van der Waals surface area contributed by atoms with Gasteiger partial charge in [0.25, 0.3) is 0 Å². The largest absolute Gasteiger partial charge is 0.494 e. The molecule has 1 saturated heterocycles. The molecule has 5 nitrogen and oxygen atoms in total. The Morgan fingerprint density at radius 1 is 1.11 bits per heavy atom. The van der Waals surface area contributed by atoms with Crippen molar-refractivity contribution < 1.29 is 9.53 Å². The monoisotopic (exact) mass is 367 g/mol. The highest BCUT2D eigenvalue weighted by Crippen LogP contribution is 2.18. The van der Waals surface area contributed by atoms with Crippen molar-refractivity contribution in [1.29, 1.82) is 0 Å². The molecule has 0 aliphatic carbocycles. The van der Waals surface area contributed by atoms with Gasteiger partial charge < -0.3 is 10.1 Å². The van der Waals surface area contributed by atoms with Crippen LogP contribution in [0.3, 0.4) is 0 Å². The summed E-state index contributed by atoms with van der Waals surface area (Å²) in [6, 6.07) is 11.9. The molecule has 27 heavy (non-hydrogen) atoms. The summed E-state index contributed by atoms with van der Waals surface area (Å²) in [4.78, 5) is 18.8. The molecule has 1 amide bonds. The Labute approximate surface area is 161 Å². The molecule has 0 spiro atoms. The number of hydrogen-bond donors (Lipinski definition) is 1. The average Bonchev–Trinajstić information content (AvgIpc) is 2.70. The van der Waals surface area contributed by atoms with Gasteiger partial charge in [0, 0.05) is 25.5 Å². The molecule has 0 atom stereocenters. The zero-order chi connectivity index (χ0) is 18.9. The molecule has 1 aliphatic rings. The van der Waals surface area contributed by atoms with E-state index in [0.717, 1.165) is 50.3 Å². The Balaban J connectivity index is 1.35. The number of carbonyl (C=O) groups excluding carboxylic acids is 1. The summed E-state index contributed by atoms with van der Waals surface area (Å²) >= 11 is 0. The first kappa shape index (κ1) is 19.4. The van der Waals surface area contributed by atoms with Crippen molar-refractivity contribution in [3.63, 3.8) is 0 Å². The summed E-state index contributed by atoms with van der Waals surface area (Å²) in [5.74, 6) is 1.52. The van der Waals surface area contributed by atoms with Crippen LogP contribution in [0, 0.1) is 5.92 Å². The molecular formula is C22H29N3O2. The van der Waals surface area contributed by atoms with Gasteiger partial charge in [-0.1, -0.05) is 12.1 Å². The Morgan fingerprint density at radius 2 is 1.81 bits per heavy atom. The summed E-state index contributed by atoms with van der Waals surface area (Å²) in [5.41, 5.74) is 2.33. The van der Waals surface area contributed by atoms with Crippen LogP contribution in [-0.4, -0.2) is 42.0 Å². The van der Waals surface area contributed by atoms with Crippen LogP contribution in [0.15, 0.2) is 48.8 Å². The molecule has 0 unspecified atom stereocenters. The molecule has 144 valence electrons. The first-order chi connectivity index (χ1) is 13.2. The highest BCUT2D eigenvalue weighted by atomic mass is 16.5. The number of amides is 1. The highest BCUT2D eigenvalue weighted by Gasteiger charge is 2.19. The second-order valence-electron chi connectivity index (χ2n) is 7.13. The van der Waals surface area contributed by atoms with Gasteiger partial charge in [0.15, 0.2) is 0 Å². The number of aromatic nitrogens is 1. The van der Waals surface area contributed by atoms with Crippen LogP contribution in [-0.2, 0) is 17.8 Å². The minimum atomic E-state index is 0.0957. The van der Waals surface area contributed by atoms with E-state index in [-0.39, 0.29) is 5.91 Å². The lowest BCUT2D eigenvalue weighted by Gasteiger charge is -2.32. The molecule has 1 aliphatic heterocycles. The van der Waals surface area contributed by atoms with E-state index in [1.807, 2.05) is 43.6 Å². The highest BCUT2D eigenvalue weighted by molar-refractivity contribution is 5.78. The van der Waals surface area contributed by atoms with E-state index in [0.29, 0.717) is 18.9 Å². The summed E-state index contributed by atoms with van der Waals surface area (Å²) in [6.07, 6.45) is 6.39. The van der Waals surface area contributed by atoms with Crippen molar-refractivity contribution >= 4 is 5.91 Å². The molecule has 2 heterocycles. The van der Waals surface area contributed by atoms with Crippen LogP contribution in [0.4, 0.5) is 0 Å². The minimum absolute atomic E-state index is 0.0957. The first-order valence-corrected chi connectivity index (χ1v) is 9.82. The van der Waals surface area contributed by atoms with E-state index in [9.17, 15) is 4.79 Å². The van der Waals surface area contributed by atoms with Gasteiger partial charge in [0.1, 0.15) is 5.75 Å². The molecule has 1 aromatic carbocycles. The number of ether oxygens (including phenoxy) is 1. The third kappa shape index (κ3) is 6.36. The molecule has 1 N–H and O–H groups in total. The normalized spacial score (nSPS) is 15.4. The van der Waals surface area contributed by atoms with Gasteiger partial charge in [-0.2, -0.15) is 0 Å². The lowest BCUT2D eigenvalue weighted by Crippen LogP contribution is -2.38. The SMILES string of the molecule is CCOc1ccc(CC(=O)NCC2CCN(Cc3ccncc3)CC2)cc1. The molecule has 0 radical (unpaired) electrons. The number of rotatable bonds is 8. The zero-order valence-electron chi connectivity index (χ0n) is 16.1. The van der Waals surface area contributed by atoms with E-state index >= 15 is 0 Å². The van der Waals surface area contributed by atoms with Crippen LogP contribution in [0.1, 0.15) is 30.9 Å². The van der Waals surface area contributed by atoms with Crippen LogP contribution < -0.4 is 10.1 Å². The number of pyridine rings is 1. The van der Waals surface area contributed by atoms with E-state index in [2.05, 4.69) is 27.3 Å². The molecule has 3 rings (SSSR count). The second kappa shape index (κ2) is 10.1. The molecule has 2 aromatic rings. The van der Waals surface area contributed by atoms with Gasteiger partial charge in [-0.05, 0) is 74.2 Å². The summed E-state index contributed by atoms with van der Waals surface area (Å²) in [7, 11) is 0. The number of nitrogens with zero attached hydrogens (tertiary/aromatic N) is 2. The topological polar surface area (TPSA) is 54.5 Å². The van der Waals surface area contributed by atoms with Gasteiger partial charge in [0.2, 0.25) is 5.91 Å². The number of hydrogen-bond acceptors (Lipinski definition) is 4. The maximum atomic E-state index is 12.2. The van der Waals surface area contributed by atoms with Gasteiger partial charge in [-0.25, -0.2) is 0 Å². The number of benzene rings is 1. The fraction of sp³-hybridized carbons (Fsp3) is 0.455. The number of carbonyl (C=O) groups is 1. The second-order valence-corrected chi connectivity index (χ2v) is 7.13. The molecule has 1 aromatic heterocycles. The predicted octanol–water partition coefficient (Wildman–Crippen LogP) is 3.05. The Bertz CT molecular complexity index is 695. The third-order valence-electron chi connectivity index (χ3n) is 5.05. The summed E-state index contributed by atoms with van der Waals surface area (Å²) < 4.78 is 5.43. The maximum absolute atomic E-state index is 12.2. The van der Waals surface area contributed by atoms with Crippen molar-refractivity contribution in [3.05, 3.63) is 59.9 Å². The Hall–Kier alpha value is -2.40. The first-order valence-electron chi connectivity index (χ1n) is 9.82. The van der Waals surface area contributed by atoms with Gasteiger partial charge >= 0.3 is 0 Å². The van der Waals surface area contributed by atoms with Gasteiger partial charge in [-0.15, -0.1) is 0 Å². The van der Waals surface area contributed by atoms with Crippen molar-refractivity contribution in [3.8, 4) is 5.75 Å². The number of piperidine rings is 1. The van der Waals surface area contributed by atoms with Crippen molar-refractivity contribution in [2.24, 2.45) is 5.92 Å². The van der Waals surface area contributed by atoms with E-state index < -0.39 is 0 Å². The molecule has 1 fully saturated rings. The minimum Gasteiger partial charge on any atom is -0.494 e. The predicted molar refractivity (Wildman–Crippen MR) is 107 cm³/mol. The van der Waals surface area contributed by atoms with Crippen molar-refractivity contribution in [1.82, 2.24) is 15.2 Å². The summed E-state index contributed by atoms with van der Waals surface area (Å²) in [6.45, 7) is 6.55. The maximum Gasteiger partial charge on any atom is 0.224 e. The van der Waals surface area contributed by atoms with Crippen LogP contribution >= 0.6 is 0 Å². The lowest BCUT2D eigenvalue weighted by molar-refractivity contribution is -0.120. The van der Waals surface area contributed by atoms with E-state index in [1.165, 1.54) is 5.56 Å². The standard InChI is InChI=1S/C22H29N3O2/c1-2-27-21-5-3-18(4-6-21)15-22(26)24-16-19-9-13-25(14-10-19)17-20-7-11-23-12-8-20/h3-8,11-12,19H,2,9-10,13-17H2,1H3,(H,24,26). The zero-order valence-corrected chi connectivity index (χ0v) is 16.1. The number of likely N-dealkylation sites (tertiary alicyclic amines) is 1. The van der Waals surface area contributed by atoms with Crippen LogP contribution in [0.25, 0.3) is 0 Å². The Morgan fingerprint density at radius 3 is 2.48 bits per heavy atom. The van der Waals surface area contributed by atoms with Crippen molar-refractivity contribution in [2.45, 2.75) is 32.7 Å². The smallest absolute Gasteiger partial charge is 0.224 e. The van der Waals surface area contributed by atoms with Crippen molar-refractivity contribution in [2.75, 3.05) is 26.2 Å². The number of nitrogens with one attached hydrogen (secondary N) is 1. The quantitative estimate of drug-likeness (QED) is 0.779. The molecule has 0 bridgehead atoms. The van der Waals surface area contributed by atoms with E-state index in [1.54, 1.807) is 0 Å². The van der Waals surface area contributed by atoms with E-state index in [4.69, 9.17) is 4.74 Å². The third-order valence-corrected chi connectivity index (χ3v) is 5.05. The molecular weight excluding hydrogens is 338 g/mol. The fourth-order valence-corrected chi connectivity index (χ4v) is 3.47. The Kier molecular flexibility index (Phi) is 7.22. The lowest BCUT2D eigenvalue weighted by atomic mass is 9.96. The average molecular weight is 367 g/mol.